The van der Waals surface area contributed by atoms with Gasteiger partial charge in [-0.3, -0.25) is 0 Å². The minimum atomic E-state index is 0.165. The van der Waals surface area contributed by atoms with Crippen molar-refractivity contribution >= 4 is 0 Å². The zero-order valence-electron chi connectivity index (χ0n) is 9.49. The molecule has 1 unspecified atom stereocenters. The van der Waals surface area contributed by atoms with Gasteiger partial charge in [0.15, 0.2) is 0 Å². The summed E-state index contributed by atoms with van der Waals surface area (Å²) in [6, 6.07) is 0.165. The quantitative estimate of drug-likeness (QED) is 0.788. The van der Waals surface area contributed by atoms with Gasteiger partial charge >= 0.3 is 0 Å². The lowest BCUT2D eigenvalue weighted by Crippen LogP contribution is -2.29. The maximum absolute atomic E-state index is 6.04. The molecule has 1 aromatic heterocycles. The number of nitrogens with zero attached hydrogens (tertiary/aromatic N) is 3. The Morgan fingerprint density at radius 3 is 2.57 bits per heavy atom. The van der Waals surface area contributed by atoms with Crippen LogP contribution in [0.5, 0.6) is 0 Å². The second kappa shape index (κ2) is 4.09. The average Bonchev–Trinajstić information content (AvgIpc) is 2.32. The van der Waals surface area contributed by atoms with Crippen LogP contribution >= 0.6 is 0 Å². The second-order valence-electron chi connectivity index (χ2n) is 5.09. The molecule has 0 aliphatic carbocycles. The normalized spacial score (nSPS) is 14.4. The summed E-state index contributed by atoms with van der Waals surface area (Å²) in [5.41, 5.74) is 6.31. The molecule has 0 bridgehead atoms. The molecule has 0 aliphatic rings. The molecular formula is C10H20N4. The summed E-state index contributed by atoms with van der Waals surface area (Å²) < 4.78 is 1.92. The highest BCUT2D eigenvalue weighted by molar-refractivity contribution is 4.89. The Hall–Kier alpha value is -0.900. The fraction of sp³-hybridized carbons (Fsp3) is 0.800. The van der Waals surface area contributed by atoms with Gasteiger partial charge < -0.3 is 10.3 Å². The van der Waals surface area contributed by atoms with E-state index in [1.165, 1.54) is 0 Å². The molecule has 0 radical (unpaired) electrons. The Kier molecular flexibility index (Phi) is 3.26. The zero-order valence-corrected chi connectivity index (χ0v) is 9.49. The van der Waals surface area contributed by atoms with Crippen molar-refractivity contribution in [1.82, 2.24) is 14.8 Å². The third kappa shape index (κ3) is 3.46. The fourth-order valence-electron chi connectivity index (χ4n) is 1.59. The molecule has 4 nitrogen and oxygen atoms in total. The van der Waals surface area contributed by atoms with Crippen molar-refractivity contribution in [3.63, 3.8) is 0 Å². The Morgan fingerprint density at radius 2 is 2.14 bits per heavy atom. The molecule has 1 rings (SSSR count). The van der Waals surface area contributed by atoms with Gasteiger partial charge in [0.1, 0.15) is 12.2 Å². The summed E-state index contributed by atoms with van der Waals surface area (Å²) in [7, 11) is 1.94. The summed E-state index contributed by atoms with van der Waals surface area (Å²) >= 11 is 0. The van der Waals surface area contributed by atoms with Crippen molar-refractivity contribution in [2.45, 2.75) is 39.7 Å². The minimum Gasteiger partial charge on any atom is -0.327 e. The lowest BCUT2D eigenvalue weighted by molar-refractivity contribution is 0.335. The van der Waals surface area contributed by atoms with Crippen LogP contribution < -0.4 is 5.73 Å². The molecule has 0 fully saturated rings. The molecule has 1 atom stereocenters. The third-order valence-corrected chi connectivity index (χ3v) is 2.12. The summed E-state index contributed by atoms with van der Waals surface area (Å²) in [5, 5.41) is 7.85. The van der Waals surface area contributed by atoms with E-state index in [4.69, 9.17) is 5.73 Å². The van der Waals surface area contributed by atoms with E-state index in [-0.39, 0.29) is 11.5 Å². The molecule has 80 valence electrons. The molecule has 0 saturated carbocycles. The first kappa shape index (κ1) is 11.2. The van der Waals surface area contributed by atoms with Crippen LogP contribution in [0, 0.1) is 5.41 Å². The van der Waals surface area contributed by atoms with Gasteiger partial charge in [-0.2, -0.15) is 0 Å². The summed E-state index contributed by atoms with van der Waals surface area (Å²) in [6.45, 7) is 6.59. The number of aromatic nitrogens is 3. The number of hydrogen-bond acceptors (Lipinski definition) is 3. The average molecular weight is 196 g/mol. The topological polar surface area (TPSA) is 56.7 Å². The van der Waals surface area contributed by atoms with Gasteiger partial charge in [-0.15, -0.1) is 10.2 Å². The van der Waals surface area contributed by atoms with Crippen LogP contribution in [-0.2, 0) is 13.5 Å². The fourth-order valence-corrected chi connectivity index (χ4v) is 1.59. The number of hydrogen-bond donors (Lipinski definition) is 1. The van der Waals surface area contributed by atoms with Crippen molar-refractivity contribution in [2.75, 3.05) is 0 Å². The molecule has 1 heterocycles. The monoisotopic (exact) mass is 196 g/mol. The standard InChI is InChI=1S/C10H20N4/c1-10(2,3)6-8(11)5-9-13-12-7-14(9)4/h7-8H,5-6,11H2,1-4H3. The predicted molar refractivity (Wildman–Crippen MR) is 56.8 cm³/mol. The highest BCUT2D eigenvalue weighted by atomic mass is 15.2. The van der Waals surface area contributed by atoms with Crippen molar-refractivity contribution in [1.29, 1.82) is 0 Å². The van der Waals surface area contributed by atoms with Gasteiger partial charge in [-0.05, 0) is 11.8 Å². The van der Waals surface area contributed by atoms with Gasteiger partial charge in [0.2, 0.25) is 0 Å². The van der Waals surface area contributed by atoms with E-state index >= 15 is 0 Å². The maximum atomic E-state index is 6.04. The van der Waals surface area contributed by atoms with E-state index in [2.05, 4.69) is 31.0 Å². The molecule has 0 aromatic carbocycles. The number of aryl methyl sites for hydroxylation is 1. The number of rotatable bonds is 3. The van der Waals surface area contributed by atoms with Crippen LogP contribution in [0.1, 0.15) is 33.0 Å². The van der Waals surface area contributed by atoms with E-state index < -0.39 is 0 Å². The highest BCUT2D eigenvalue weighted by Gasteiger charge is 2.17. The molecule has 14 heavy (non-hydrogen) atoms. The Morgan fingerprint density at radius 1 is 1.50 bits per heavy atom. The van der Waals surface area contributed by atoms with Crippen LogP contribution in [-0.4, -0.2) is 20.8 Å². The third-order valence-electron chi connectivity index (χ3n) is 2.12. The minimum absolute atomic E-state index is 0.165. The van der Waals surface area contributed by atoms with Crippen LogP contribution in [0.15, 0.2) is 6.33 Å². The maximum Gasteiger partial charge on any atom is 0.134 e. The molecule has 2 N–H and O–H groups in total. The lowest BCUT2D eigenvalue weighted by atomic mass is 9.87. The van der Waals surface area contributed by atoms with Gasteiger partial charge in [-0.25, -0.2) is 0 Å². The van der Waals surface area contributed by atoms with E-state index in [1.54, 1.807) is 6.33 Å². The largest absolute Gasteiger partial charge is 0.327 e. The second-order valence-corrected chi connectivity index (χ2v) is 5.09. The lowest BCUT2D eigenvalue weighted by Gasteiger charge is -2.22. The molecular weight excluding hydrogens is 176 g/mol. The highest BCUT2D eigenvalue weighted by Crippen LogP contribution is 2.20. The first-order valence-corrected chi connectivity index (χ1v) is 4.97. The first-order chi connectivity index (χ1) is 6.38. The molecule has 0 spiro atoms. The zero-order chi connectivity index (χ0) is 10.8. The van der Waals surface area contributed by atoms with Gasteiger partial charge in [0.05, 0.1) is 0 Å². The molecule has 4 heteroatoms. The molecule has 0 amide bonds. The van der Waals surface area contributed by atoms with Gasteiger partial charge in [0, 0.05) is 19.5 Å². The van der Waals surface area contributed by atoms with Crippen molar-refractivity contribution in [3.8, 4) is 0 Å². The molecule has 0 aliphatic heterocycles. The van der Waals surface area contributed by atoms with Crippen molar-refractivity contribution < 1.29 is 0 Å². The van der Waals surface area contributed by atoms with Crippen molar-refractivity contribution in [3.05, 3.63) is 12.2 Å². The molecule has 0 saturated heterocycles. The smallest absolute Gasteiger partial charge is 0.134 e. The number of nitrogens with two attached hydrogens (primary N) is 1. The van der Waals surface area contributed by atoms with Crippen LogP contribution in [0.2, 0.25) is 0 Å². The van der Waals surface area contributed by atoms with E-state index in [9.17, 15) is 0 Å². The van der Waals surface area contributed by atoms with Crippen LogP contribution in [0.4, 0.5) is 0 Å². The predicted octanol–water partition coefficient (Wildman–Crippen LogP) is 1.12. The van der Waals surface area contributed by atoms with Gasteiger partial charge in [-0.1, -0.05) is 20.8 Å². The van der Waals surface area contributed by atoms with E-state index in [0.29, 0.717) is 0 Å². The molecule has 1 aromatic rings. The van der Waals surface area contributed by atoms with Crippen molar-refractivity contribution in [2.24, 2.45) is 18.2 Å². The summed E-state index contributed by atoms with van der Waals surface area (Å²) in [5.74, 6) is 0.960. The van der Waals surface area contributed by atoms with Gasteiger partial charge in [0.25, 0.3) is 0 Å². The van der Waals surface area contributed by atoms with Crippen LogP contribution in [0.3, 0.4) is 0 Å². The summed E-state index contributed by atoms with van der Waals surface area (Å²) in [6.07, 6.45) is 3.51. The Labute approximate surface area is 85.5 Å². The Bertz CT molecular complexity index is 285. The summed E-state index contributed by atoms with van der Waals surface area (Å²) in [4.78, 5) is 0. The van der Waals surface area contributed by atoms with E-state index in [1.807, 2.05) is 11.6 Å². The first-order valence-electron chi connectivity index (χ1n) is 4.97. The SMILES string of the molecule is Cn1cnnc1CC(N)CC(C)(C)C. The van der Waals surface area contributed by atoms with Crippen LogP contribution in [0.25, 0.3) is 0 Å². The Balaban J connectivity index is 2.50. The van der Waals surface area contributed by atoms with E-state index in [0.717, 1.165) is 18.7 Å².